The number of furan rings is 1. The molecule has 2 heterocycles. The van der Waals surface area contributed by atoms with E-state index in [0.29, 0.717) is 5.69 Å². The van der Waals surface area contributed by atoms with Crippen LogP contribution in [0, 0.1) is 10.1 Å². The number of aromatic nitrogens is 3. The molecule has 0 saturated carbocycles. The molecular weight excluding hydrogens is 212 g/mol. The predicted octanol–water partition coefficient (Wildman–Crippen LogP) is 1.45. The van der Waals surface area contributed by atoms with Crippen molar-refractivity contribution >= 4 is 17.7 Å². The number of halogens is 1. The first-order chi connectivity index (χ1) is 6.66. The summed E-state index contributed by atoms with van der Waals surface area (Å²) in [6.45, 7) is 0. The molecule has 0 aromatic carbocycles. The van der Waals surface area contributed by atoms with Crippen molar-refractivity contribution in [3.8, 4) is 11.5 Å². The lowest BCUT2D eigenvalue weighted by Crippen LogP contribution is -1.82. The average Bonchev–Trinajstić information content (AvgIpc) is 2.70. The molecule has 8 heteroatoms. The molecule has 0 N–H and O–H groups in total. The summed E-state index contributed by atoms with van der Waals surface area (Å²) in [6.07, 6.45) is 1.38. The zero-order valence-electron chi connectivity index (χ0n) is 6.62. The van der Waals surface area contributed by atoms with Gasteiger partial charge in [0.15, 0.2) is 5.76 Å². The first-order valence-corrected chi connectivity index (χ1v) is 3.84. The van der Waals surface area contributed by atoms with Crippen LogP contribution in [-0.4, -0.2) is 19.4 Å². The summed E-state index contributed by atoms with van der Waals surface area (Å²) in [5.74, 6) is -0.0901. The zero-order valence-corrected chi connectivity index (χ0v) is 7.38. The molecule has 7 nitrogen and oxygen atoms in total. The van der Waals surface area contributed by atoms with Gasteiger partial charge in [-0.1, -0.05) is 5.21 Å². The van der Waals surface area contributed by atoms with E-state index in [0.717, 1.165) is 4.20 Å². The lowest BCUT2D eigenvalue weighted by Gasteiger charge is -1.84. The van der Waals surface area contributed by atoms with Crippen LogP contribution >= 0.6 is 11.8 Å². The molecule has 0 aliphatic rings. The first kappa shape index (κ1) is 8.70. The van der Waals surface area contributed by atoms with Crippen molar-refractivity contribution in [3.05, 3.63) is 28.4 Å². The topological polar surface area (TPSA) is 87.0 Å². The van der Waals surface area contributed by atoms with Crippen molar-refractivity contribution in [1.82, 2.24) is 14.5 Å². The molecule has 72 valence electrons. The molecule has 0 atom stereocenters. The molecule has 0 radical (unpaired) electrons. The van der Waals surface area contributed by atoms with E-state index < -0.39 is 4.92 Å². The number of rotatable bonds is 2. The van der Waals surface area contributed by atoms with Gasteiger partial charge in [0.1, 0.15) is 10.6 Å². The molecule has 0 fully saturated rings. The maximum absolute atomic E-state index is 10.3. The maximum Gasteiger partial charge on any atom is 0.433 e. The Hall–Kier alpha value is -1.89. The number of hydrogen-bond acceptors (Lipinski definition) is 5. The lowest BCUT2D eigenvalue weighted by atomic mass is 10.4. The van der Waals surface area contributed by atoms with Crippen molar-refractivity contribution in [2.45, 2.75) is 0 Å². The summed E-state index contributed by atoms with van der Waals surface area (Å²) in [5.41, 5.74) is 0.341. The van der Waals surface area contributed by atoms with Crippen molar-refractivity contribution in [2.75, 3.05) is 0 Å². The minimum Gasteiger partial charge on any atom is -0.399 e. The molecule has 0 saturated heterocycles. The fourth-order valence-electron chi connectivity index (χ4n) is 0.920. The molecule has 2 rings (SSSR count). The van der Waals surface area contributed by atoms with Gasteiger partial charge in [-0.15, -0.1) is 5.10 Å². The van der Waals surface area contributed by atoms with Gasteiger partial charge in [-0.25, -0.2) is 0 Å². The van der Waals surface area contributed by atoms with Crippen LogP contribution in [-0.2, 0) is 0 Å². The summed E-state index contributed by atoms with van der Waals surface area (Å²) in [6, 6.07) is 2.67. The Kier molecular flexibility index (Phi) is 1.93. The number of nitro groups is 1. The highest BCUT2D eigenvalue weighted by Crippen LogP contribution is 2.23. The highest BCUT2D eigenvalue weighted by Gasteiger charge is 2.14. The van der Waals surface area contributed by atoms with E-state index in [9.17, 15) is 10.1 Å². The van der Waals surface area contributed by atoms with Gasteiger partial charge in [0, 0.05) is 11.8 Å². The SMILES string of the molecule is O=[N+]([O-])c1ccc(-c2cn(Cl)nn2)o1. The van der Waals surface area contributed by atoms with E-state index in [1.807, 2.05) is 0 Å². The van der Waals surface area contributed by atoms with E-state index in [-0.39, 0.29) is 11.6 Å². The Morgan fingerprint density at radius 3 is 2.86 bits per heavy atom. The Morgan fingerprint density at radius 1 is 1.57 bits per heavy atom. The molecule has 14 heavy (non-hydrogen) atoms. The van der Waals surface area contributed by atoms with Crippen LogP contribution in [0.3, 0.4) is 0 Å². The number of nitrogens with zero attached hydrogens (tertiary/aromatic N) is 4. The van der Waals surface area contributed by atoms with Gasteiger partial charge < -0.3 is 4.42 Å². The summed E-state index contributed by atoms with van der Waals surface area (Å²) in [4.78, 5) is 9.66. The first-order valence-electron chi connectivity index (χ1n) is 3.50. The second-order valence-corrected chi connectivity index (χ2v) is 2.73. The molecule has 2 aromatic heterocycles. The predicted molar refractivity (Wildman–Crippen MR) is 45.6 cm³/mol. The molecule has 0 bridgehead atoms. The highest BCUT2D eigenvalue weighted by atomic mass is 35.5. The van der Waals surface area contributed by atoms with Crippen molar-refractivity contribution in [3.63, 3.8) is 0 Å². The van der Waals surface area contributed by atoms with Crippen molar-refractivity contribution in [2.24, 2.45) is 0 Å². The van der Waals surface area contributed by atoms with Gasteiger partial charge in [-0.3, -0.25) is 10.1 Å². The minimum atomic E-state index is -0.630. The molecule has 0 spiro atoms. The molecule has 0 unspecified atom stereocenters. The Labute approximate surface area is 82.1 Å². The molecule has 0 aliphatic heterocycles. The van der Waals surface area contributed by atoms with Gasteiger partial charge in [0.25, 0.3) is 0 Å². The van der Waals surface area contributed by atoms with E-state index >= 15 is 0 Å². The smallest absolute Gasteiger partial charge is 0.399 e. The quantitative estimate of drug-likeness (QED) is 0.558. The van der Waals surface area contributed by atoms with Gasteiger partial charge in [-0.05, 0) is 6.07 Å². The van der Waals surface area contributed by atoms with E-state index in [4.69, 9.17) is 16.2 Å². The second kappa shape index (κ2) is 3.11. The van der Waals surface area contributed by atoms with Crippen LogP contribution in [0.2, 0.25) is 0 Å². The summed E-state index contributed by atoms with van der Waals surface area (Å²) in [5, 5.41) is 17.4. The van der Waals surface area contributed by atoms with Gasteiger partial charge in [0.05, 0.1) is 12.3 Å². The highest BCUT2D eigenvalue weighted by molar-refractivity contribution is 6.14. The Bertz CT molecular complexity index is 477. The average molecular weight is 215 g/mol. The second-order valence-electron chi connectivity index (χ2n) is 2.39. The largest absolute Gasteiger partial charge is 0.433 e. The summed E-state index contributed by atoms with van der Waals surface area (Å²) in [7, 11) is 0. The Balaban J connectivity index is 2.38. The molecule has 2 aromatic rings. The third-order valence-electron chi connectivity index (χ3n) is 1.49. The van der Waals surface area contributed by atoms with Gasteiger partial charge >= 0.3 is 5.88 Å². The minimum absolute atomic E-state index is 0.253. The monoisotopic (exact) mass is 214 g/mol. The summed E-state index contributed by atoms with van der Waals surface area (Å²) < 4.78 is 5.83. The van der Waals surface area contributed by atoms with Crippen LogP contribution < -0.4 is 0 Å². The molecule has 0 aliphatic carbocycles. The van der Waals surface area contributed by atoms with Crippen LogP contribution in [0.25, 0.3) is 11.5 Å². The lowest BCUT2D eigenvalue weighted by molar-refractivity contribution is -0.401. The van der Waals surface area contributed by atoms with E-state index in [1.54, 1.807) is 0 Å². The molecular formula is C6H3ClN4O3. The van der Waals surface area contributed by atoms with Crippen LogP contribution in [0.15, 0.2) is 22.7 Å². The number of hydrogen-bond donors (Lipinski definition) is 0. The fourth-order valence-corrected chi connectivity index (χ4v) is 1.05. The van der Waals surface area contributed by atoms with Gasteiger partial charge in [0.2, 0.25) is 0 Å². The zero-order chi connectivity index (χ0) is 10.1. The fraction of sp³-hybridized carbons (Fsp3) is 0. The van der Waals surface area contributed by atoms with Crippen LogP contribution in [0.1, 0.15) is 0 Å². The Morgan fingerprint density at radius 2 is 2.36 bits per heavy atom. The van der Waals surface area contributed by atoms with Crippen LogP contribution in [0.5, 0.6) is 0 Å². The third kappa shape index (κ3) is 1.44. The molecule has 0 amide bonds. The maximum atomic E-state index is 10.3. The van der Waals surface area contributed by atoms with E-state index in [2.05, 4.69) is 10.3 Å². The van der Waals surface area contributed by atoms with Gasteiger partial charge in [-0.2, -0.15) is 4.20 Å². The third-order valence-corrected chi connectivity index (χ3v) is 1.66. The standard InChI is InChI=1S/C6H3ClN4O3/c7-10-3-4(8-9-10)5-1-2-6(14-5)11(12)13/h1-3H. The van der Waals surface area contributed by atoms with Crippen molar-refractivity contribution < 1.29 is 9.34 Å². The normalized spacial score (nSPS) is 10.4. The van der Waals surface area contributed by atoms with Crippen LogP contribution in [0.4, 0.5) is 5.88 Å². The van der Waals surface area contributed by atoms with E-state index in [1.165, 1.54) is 18.3 Å². The summed E-state index contributed by atoms with van der Waals surface area (Å²) >= 11 is 5.45. The van der Waals surface area contributed by atoms with Crippen molar-refractivity contribution in [1.29, 1.82) is 0 Å².